The number of morpholine rings is 1. The average Bonchev–Trinajstić information content (AvgIpc) is 3.40. The highest BCUT2D eigenvalue weighted by Gasteiger charge is 2.36. The zero-order valence-electron chi connectivity index (χ0n) is 22.6. The van der Waals surface area contributed by atoms with Crippen molar-refractivity contribution >= 4 is 17.5 Å². The molecular weight excluding hydrogens is 507 g/mol. The number of hydrazone groups is 1. The Balaban J connectivity index is 1.61. The number of rotatable bonds is 11. The molecule has 10 nitrogen and oxygen atoms in total. The Morgan fingerprint density at radius 2 is 1.87 bits per heavy atom. The molecule has 210 valence electrons. The highest BCUT2D eigenvalue weighted by atomic mass is 19.1. The summed E-state index contributed by atoms with van der Waals surface area (Å²) in [5, 5.41) is 5.94. The van der Waals surface area contributed by atoms with Crippen LogP contribution < -0.4 is 9.47 Å². The van der Waals surface area contributed by atoms with Gasteiger partial charge < -0.3 is 23.8 Å². The molecule has 11 heteroatoms. The number of carbonyl (C=O) groups is 2. The molecule has 0 bridgehead atoms. The number of hydrogen-bond acceptors (Lipinski definition) is 8. The lowest BCUT2D eigenvalue weighted by Gasteiger charge is -2.31. The molecule has 1 saturated heterocycles. The molecule has 0 aliphatic carbocycles. The largest absolute Gasteiger partial charge is 0.497 e. The van der Waals surface area contributed by atoms with Gasteiger partial charge in [-0.3, -0.25) is 14.5 Å². The summed E-state index contributed by atoms with van der Waals surface area (Å²) in [5.41, 5.74) is 1.59. The van der Waals surface area contributed by atoms with Crippen LogP contribution in [0.3, 0.4) is 0 Å². The lowest BCUT2D eigenvalue weighted by Crippen LogP contribution is -2.47. The van der Waals surface area contributed by atoms with Crippen LogP contribution in [-0.2, 0) is 19.1 Å². The van der Waals surface area contributed by atoms with E-state index in [-0.39, 0.29) is 25.5 Å². The second-order valence-corrected chi connectivity index (χ2v) is 9.29. The maximum atomic E-state index is 14.9. The van der Waals surface area contributed by atoms with Crippen molar-refractivity contribution in [1.29, 1.82) is 0 Å². The molecule has 1 fully saturated rings. The third-order valence-corrected chi connectivity index (χ3v) is 6.89. The van der Waals surface area contributed by atoms with Crippen molar-refractivity contribution in [1.82, 2.24) is 14.8 Å². The molecule has 2 aromatic rings. The number of ether oxygens (including phenoxy) is 4. The van der Waals surface area contributed by atoms with E-state index < -0.39 is 17.8 Å². The van der Waals surface area contributed by atoms with E-state index in [1.165, 1.54) is 23.1 Å². The summed E-state index contributed by atoms with van der Waals surface area (Å²) in [6, 6.07) is 11.0. The lowest BCUT2D eigenvalue weighted by molar-refractivity contribution is -0.144. The van der Waals surface area contributed by atoms with E-state index in [4.69, 9.17) is 18.9 Å². The number of methoxy groups -OCH3 is 3. The van der Waals surface area contributed by atoms with Crippen LogP contribution in [0.4, 0.5) is 4.39 Å². The standard InChI is InChI=1S/C28H35FN4O6/c1-36-19-28(35)32(11-10-31-12-14-39-15-13-31)18-27(34)33-25(21-6-4-5-7-23(21)29)17-24(30-33)22-9-8-20(37-2)16-26(22)38-3/h4-9,16,25H,10-15,17-19H2,1-3H3. The van der Waals surface area contributed by atoms with Crippen molar-refractivity contribution in [2.75, 3.05) is 73.9 Å². The molecule has 2 aliphatic rings. The van der Waals surface area contributed by atoms with Crippen LogP contribution in [0.2, 0.25) is 0 Å². The van der Waals surface area contributed by atoms with Gasteiger partial charge >= 0.3 is 0 Å². The van der Waals surface area contributed by atoms with E-state index in [0.29, 0.717) is 54.6 Å². The summed E-state index contributed by atoms with van der Waals surface area (Å²) in [7, 11) is 4.54. The lowest BCUT2D eigenvalue weighted by atomic mass is 9.97. The first-order chi connectivity index (χ1) is 18.9. The maximum absolute atomic E-state index is 14.9. The topological polar surface area (TPSA) is 93.1 Å². The zero-order valence-corrected chi connectivity index (χ0v) is 22.6. The Kier molecular flexibility index (Phi) is 9.85. The first kappa shape index (κ1) is 28.5. The normalized spacial score (nSPS) is 17.6. The van der Waals surface area contributed by atoms with Gasteiger partial charge in [-0.1, -0.05) is 18.2 Å². The third-order valence-electron chi connectivity index (χ3n) is 6.89. The summed E-state index contributed by atoms with van der Waals surface area (Å²) in [4.78, 5) is 30.2. The molecular formula is C28H35FN4O6. The summed E-state index contributed by atoms with van der Waals surface area (Å²) in [6.07, 6.45) is 0.273. The molecule has 0 N–H and O–H groups in total. The highest BCUT2D eigenvalue weighted by molar-refractivity contribution is 6.05. The van der Waals surface area contributed by atoms with E-state index in [0.717, 1.165) is 13.1 Å². The second-order valence-electron chi connectivity index (χ2n) is 9.29. The molecule has 4 rings (SSSR count). The van der Waals surface area contributed by atoms with Gasteiger partial charge in [0.25, 0.3) is 5.91 Å². The van der Waals surface area contributed by atoms with Crippen molar-refractivity contribution in [2.45, 2.75) is 12.5 Å². The summed E-state index contributed by atoms with van der Waals surface area (Å²) < 4.78 is 36.3. The molecule has 2 aromatic carbocycles. The fraction of sp³-hybridized carbons (Fsp3) is 0.464. The van der Waals surface area contributed by atoms with Crippen LogP contribution in [0.15, 0.2) is 47.6 Å². The van der Waals surface area contributed by atoms with Gasteiger partial charge in [-0.05, 0) is 18.2 Å². The van der Waals surface area contributed by atoms with Gasteiger partial charge in [0, 0.05) is 56.9 Å². The van der Waals surface area contributed by atoms with E-state index in [9.17, 15) is 14.0 Å². The molecule has 2 heterocycles. The number of benzene rings is 2. The van der Waals surface area contributed by atoms with Crippen LogP contribution in [-0.4, -0.2) is 106 Å². The number of halogens is 1. The molecule has 2 aliphatic heterocycles. The van der Waals surface area contributed by atoms with E-state index in [2.05, 4.69) is 10.0 Å². The van der Waals surface area contributed by atoms with Crippen LogP contribution >= 0.6 is 0 Å². The van der Waals surface area contributed by atoms with Crippen LogP contribution in [0.25, 0.3) is 0 Å². The minimum Gasteiger partial charge on any atom is -0.497 e. The van der Waals surface area contributed by atoms with Crippen molar-refractivity contribution < 1.29 is 32.9 Å². The van der Waals surface area contributed by atoms with Gasteiger partial charge in [-0.25, -0.2) is 9.40 Å². The molecule has 0 radical (unpaired) electrons. The maximum Gasteiger partial charge on any atom is 0.262 e. The second kappa shape index (κ2) is 13.5. The monoisotopic (exact) mass is 542 g/mol. The Labute approximate surface area is 227 Å². The fourth-order valence-corrected chi connectivity index (χ4v) is 4.76. The molecule has 1 unspecified atom stereocenters. The van der Waals surface area contributed by atoms with Crippen molar-refractivity contribution in [3.8, 4) is 11.5 Å². The van der Waals surface area contributed by atoms with Crippen molar-refractivity contribution in [3.63, 3.8) is 0 Å². The number of carbonyl (C=O) groups excluding carboxylic acids is 2. The molecule has 2 amide bonds. The third kappa shape index (κ3) is 6.92. The minimum absolute atomic E-state index is 0.148. The summed E-state index contributed by atoms with van der Waals surface area (Å²) >= 11 is 0. The van der Waals surface area contributed by atoms with Gasteiger partial charge in [0.15, 0.2) is 0 Å². The first-order valence-electron chi connectivity index (χ1n) is 12.9. The number of amides is 2. The Bertz CT molecular complexity index is 1190. The van der Waals surface area contributed by atoms with Crippen molar-refractivity contribution in [3.05, 3.63) is 59.4 Å². The minimum atomic E-state index is -0.681. The molecule has 39 heavy (non-hydrogen) atoms. The first-order valence-corrected chi connectivity index (χ1v) is 12.9. The van der Waals surface area contributed by atoms with Gasteiger partial charge in [0.1, 0.15) is 30.5 Å². The molecule has 0 saturated carbocycles. The van der Waals surface area contributed by atoms with E-state index in [1.807, 2.05) is 0 Å². The summed E-state index contributed by atoms with van der Waals surface area (Å²) in [6.45, 7) is 3.37. The fourth-order valence-electron chi connectivity index (χ4n) is 4.76. The smallest absolute Gasteiger partial charge is 0.262 e. The Morgan fingerprint density at radius 1 is 1.10 bits per heavy atom. The zero-order chi connectivity index (χ0) is 27.8. The van der Waals surface area contributed by atoms with Gasteiger partial charge in [0.05, 0.1) is 39.2 Å². The van der Waals surface area contributed by atoms with Gasteiger partial charge in [0.2, 0.25) is 5.91 Å². The Morgan fingerprint density at radius 3 is 2.56 bits per heavy atom. The van der Waals surface area contributed by atoms with E-state index >= 15 is 0 Å². The molecule has 0 spiro atoms. The summed E-state index contributed by atoms with van der Waals surface area (Å²) in [5.74, 6) is -0.0190. The predicted molar refractivity (Wildman–Crippen MR) is 142 cm³/mol. The van der Waals surface area contributed by atoms with E-state index in [1.54, 1.807) is 50.6 Å². The quantitative estimate of drug-likeness (QED) is 0.430. The SMILES string of the molecule is COCC(=O)N(CCN1CCOCC1)CC(=O)N1N=C(c2ccc(OC)cc2OC)CC1c1ccccc1F. The van der Waals surface area contributed by atoms with Crippen LogP contribution in [0, 0.1) is 5.82 Å². The van der Waals surface area contributed by atoms with Gasteiger partial charge in [-0.2, -0.15) is 5.10 Å². The number of hydrogen-bond donors (Lipinski definition) is 0. The Hall–Kier alpha value is -3.54. The van der Waals surface area contributed by atoms with Crippen molar-refractivity contribution in [2.24, 2.45) is 5.10 Å². The predicted octanol–water partition coefficient (Wildman–Crippen LogP) is 2.33. The molecule has 1 atom stereocenters. The average molecular weight is 543 g/mol. The molecule has 0 aromatic heterocycles. The highest BCUT2D eigenvalue weighted by Crippen LogP contribution is 2.37. The van der Waals surface area contributed by atoms with Crippen LogP contribution in [0.5, 0.6) is 11.5 Å². The number of nitrogens with zero attached hydrogens (tertiary/aromatic N) is 4. The van der Waals surface area contributed by atoms with Gasteiger partial charge in [-0.15, -0.1) is 0 Å². The van der Waals surface area contributed by atoms with Crippen LogP contribution in [0.1, 0.15) is 23.6 Å².